The highest BCUT2D eigenvalue weighted by Crippen LogP contribution is 2.52. The standard InChI is InChI=1S/C28H33F4N7O3/c1-26(2,3)42-25(41)37-8-7-27(15-37)9-16(10-27)12-39-23(33)20(24(34)40)22(36-39)18-11-35-38(14-18)13-17-5-4-6-19(21(17)29)28(30,31)32/h4-6,11,14,16H,7-10,12-13,15,33H2,1-3H3,(H2,34,40). The summed E-state index contributed by atoms with van der Waals surface area (Å²) in [6.45, 7) is 6.92. The second-order valence-electron chi connectivity index (χ2n) is 12.3. The molecule has 2 amide bonds. The van der Waals surface area contributed by atoms with Crippen LogP contribution in [0.1, 0.15) is 61.5 Å². The van der Waals surface area contributed by atoms with E-state index < -0.39 is 29.1 Å². The maximum Gasteiger partial charge on any atom is 0.419 e. The molecule has 14 heteroatoms. The molecule has 0 bridgehead atoms. The molecule has 4 N–H and O–H groups in total. The molecule has 42 heavy (non-hydrogen) atoms. The van der Waals surface area contributed by atoms with E-state index >= 15 is 0 Å². The van der Waals surface area contributed by atoms with Gasteiger partial charge in [-0.15, -0.1) is 0 Å². The average Bonchev–Trinajstić information content (AvgIpc) is 3.56. The van der Waals surface area contributed by atoms with E-state index in [0.29, 0.717) is 31.3 Å². The van der Waals surface area contributed by atoms with Crippen LogP contribution >= 0.6 is 0 Å². The molecule has 1 spiro atoms. The maximum atomic E-state index is 14.5. The van der Waals surface area contributed by atoms with E-state index in [1.54, 1.807) is 4.90 Å². The summed E-state index contributed by atoms with van der Waals surface area (Å²) in [5.74, 6) is -1.86. The molecule has 3 aromatic rings. The van der Waals surface area contributed by atoms with Crippen molar-refractivity contribution in [1.29, 1.82) is 0 Å². The van der Waals surface area contributed by atoms with Crippen molar-refractivity contribution < 1.29 is 31.9 Å². The number of primary amides is 1. The summed E-state index contributed by atoms with van der Waals surface area (Å²) < 4.78 is 62.1. The highest BCUT2D eigenvalue weighted by atomic mass is 19.4. The van der Waals surface area contributed by atoms with E-state index in [1.807, 2.05) is 20.8 Å². The summed E-state index contributed by atoms with van der Waals surface area (Å²) in [6.07, 6.45) is 0.255. The zero-order chi connectivity index (χ0) is 30.6. The Hall–Kier alpha value is -4.10. The van der Waals surface area contributed by atoms with E-state index in [1.165, 1.54) is 27.8 Å². The molecule has 1 aliphatic carbocycles. The number of aromatic nitrogens is 4. The second-order valence-corrected chi connectivity index (χ2v) is 12.3. The lowest BCUT2D eigenvalue weighted by Crippen LogP contribution is -2.43. The first kappa shape index (κ1) is 29.4. The Balaban J connectivity index is 1.28. The normalized spacial score (nSPS) is 20.6. The Labute approximate surface area is 239 Å². The fraction of sp³-hybridized carbons (Fsp3) is 0.500. The van der Waals surface area contributed by atoms with Gasteiger partial charge < -0.3 is 21.1 Å². The highest BCUT2D eigenvalue weighted by molar-refractivity contribution is 6.03. The van der Waals surface area contributed by atoms with Gasteiger partial charge in [0, 0.05) is 37.0 Å². The lowest BCUT2D eigenvalue weighted by atomic mass is 9.61. The number of carbonyl (C=O) groups excluding carboxylic acids is 2. The molecule has 0 atom stereocenters. The molecule has 1 aromatic carbocycles. The van der Waals surface area contributed by atoms with Crippen molar-refractivity contribution in [2.45, 2.75) is 64.9 Å². The number of ether oxygens (including phenoxy) is 1. The minimum absolute atomic E-state index is 0.00537. The number of likely N-dealkylation sites (tertiary alicyclic amines) is 1. The summed E-state index contributed by atoms with van der Waals surface area (Å²) >= 11 is 0. The van der Waals surface area contributed by atoms with Gasteiger partial charge in [0.15, 0.2) is 0 Å². The van der Waals surface area contributed by atoms with Crippen molar-refractivity contribution in [3.63, 3.8) is 0 Å². The minimum Gasteiger partial charge on any atom is -0.444 e. The van der Waals surface area contributed by atoms with Gasteiger partial charge in [0.25, 0.3) is 5.91 Å². The lowest BCUT2D eigenvalue weighted by Gasteiger charge is -2.45. The summed E-state index contributed by atoms with van der Waals surface area (Å²) in [5, 5.41) is 8.66. The number of carbonyl (C=O) groups is 2. The fourth-order valence-electron chi connectivity index (χ4n) is 6.02. The number of hydrogen-bond donors (Lipinski definition) is 2. The summed E-state index contributed by atoms with van der Waals surface area (Å²) in [7, 11) is 0. The molecule has 226 valence electrons. The van der Waals surface area contributed by atoms with E-state index in [0.717, 1.165) is 25.3 Å². The molecule has 0 unspecified atom stereocenters. The minimum atomic E-state index is -4.83. The summed E-state index contributed by atoms with van der Waals surface area (Å²) in [4.78, 5) is 26.6. The predicted octanol–water partition coefficient (Wildman–Crippen LogP) is 4.67. The largest absolute Gasteiger partial charge is 0.444 e. The molecule has 1 saturated heterocycles. The lowest BCUT2D eigenvalue weighted by molar-refractivity contribution is -0.140. The third kappa shape index (κ3) is 5.79. The molecule has 10 nitrogen and oxygen atoms in total. The predicted molar refractivity (Wildman–Crippen MR) is 144 cm³/mol. The Morgan fingerprint density at radius 3 is 2.55 bits per heavy atom. The molecular weight excluding hydrogens is 558 g/mol. The van der Waals surface area contributed by atoms with Crippen LogP contribution in [0.3, 0.4) is 0 Å². The van der Waals surface area contributed by atoms with Gasteiger partial charge >= 0.3 is 12.3 Å². The third-order valence-corrected chi connectivity index (χ3v) is 7.83. The number of nitrogen functional groups attached to an aromatic ring is 1. The van der Waals surface area contributed by atoms with Crippen molar-refractivity contribution in [2.24, 2.45) is 17.1 Å². The van der Waals surface area contributed by atoms with E-state index in [2.05, 4.69) is 10.2 Å². The van der Waals surface area contributed by atoms with Crippen LogP contribution in [0.4, 0.5) is 28.2 Å². The summed E-state index contributed by atoms with van der Waals surface area (Å²) in [6, 6.07) is 3.05. The van der Waals surface area contributed by atoms with Crippen molar-refractivity contribution in [2.75, 3.05) is 18.8 Å². The fourth-order valence-corrected chi connectivity index (χ4v) is 6.02. The highest BCUT2D eigenvalue weighted by Gasteiger charge is 2.50. The summed E-state index contributed by atoms with van der Waals surface area (Å²) in [5.41, 5.74) is 10.4. The van der Waals surface area contributed by atoms with Crippen LogP contribution in [-0.4, -0.2) is 55.2 Å². The first-order valence-corrected chi connectivity index (χ1v) is 13.6. The molecule has 5 rings (SSSR count). The first-order chi connectivity index (χ1) is 19.6. The monoisotopic (exact) mass is 591 g/mol. The van der Waals surface area contributed by atoms with Crippen molar-refractivity contribution in [1.82, 2.24) is 24.5 Å². The van der Waals surface area contributed by atoms with Crippen LogP contribution in [0.5, 0.6) is 0 Å². The molecule has 0 radical (unpaired) electrons. The molecular formula is C28H33F4N7O3. The zero-order valence-electron chi connectivity index (χ0n) is 23.5. The first-order valence-electron chi connectivity index (χ1n) is 13.6. The SMILES string of the molecule is CC(C)(C)OC(=O)N1CCC2(CC(Cn3nc(-c4cnn(Cc5cccc(C(F)(F)F)c5F)c4)c(C(N)=O)c3N)C2)C1. The van der Waals surface area contributed by atoms with Crippen LogP contribution in [0.25, 0.3) is 11.3 Å². The maximum absolute atomic E-state index is 14.5. The Bertz CT molecular complexity index is 1520. The third-order valence-electron chi connectivity index (χ3n) is 7.83. The smallest absolute Gasteiger partial charge is 0.419 e. The van der Waals surface area contributed by atoms with Crippen LogP contribution in [0.15, 0.2) is 30.6 Å². The van der Waals surface area contributed by atoms with Gasteiger partial charge in [-0.25, -0.2) is 13.9 Å². The molecule has 3 heterocycles. The Morgan fingerprint density at radius 1 is 1.19 bits per heavy atom. The van der Waals surface area contributed by atoms with Crippen LogP contribution in [-0.2, 0) is 24.0 Å². The van der Waals surface area contributed by atoms with E-state index in [4.69, 9.17) is 16.2 Å². The van der Waals surface area contributed by atoms with Crippen molar-refractivity contribution >= 4 is 17.8 Å². The Kier molecular flexibility index (Phi) is 7.22. The number of halogens is 4. The van der Waals surface area contributed by atoms with Gasteiger partial charge in [0.1, 0.15) is 28.5 Å². The van der Waals surface area contributed by atoms with Gasteiger partial charge in [-0.1, -0.05) is 12.1 Å². The number of amides is 2. The second kappa shape index (κ2) is 10.3. The molecule has 1 saturated carbocycles. The average molecular weight is 592 g/mol. The van der Waals surface area contributed by atoms with Crippen LogP contribution < -0.4 is 11.5 Å². The van der Waals surface area contributed by atoms with Gasteiger partial charge in [-0.2, -0.15) is 23.4 Å². The van der Waals surface area contributed by atoms with Crippen LogP contribution in [0.2, 0.25) is 0 Å². The zero-order valence-corrected chi connectivity index (χ0v) is 23.5. The van der Waals surface area contributed by atoms with Gasteiger partial charge in [-0.05, 0) is 57.4 Å². The van der Waals surface area contributed by atoms with Gasteiger partial charge in [-0.3, -0.25) is 9.48 Å². The topological polar surface area (TPSA) is 134 Å². The number of anilines is 1. The Morgan fingerprint density at radius 2 is 1.90 bits per heavy atom. The van der Waals surface area contributed by atoms with Gasteiger partial charge in [0.05, 0.1) is 18.3 Å². The van der Waals surface area contributed by atoms with Gasteiger partial charge in [0.2, 0.25) is 0 Å². The van der Waals surface area contributed by atoms with Crippen LogP contribution in [0, 0.1) is 17.2 Å². The van der Waals surface area contributed by atoms with E-state index in [-0.39, 0.29) is 46.6 Å². The molecule has 2 fully saturated rings. The number of nitrogens with zero attached hydrogens (tertiary/aromatic N) is 5. The van der Waals surface area contributed by atoms with E-state index in [9.17, 15) is 27.2 Å². The number of rotatable bonds is 6. The molecule has 2 aliphatic rings. The molecule has 1 aliphatic heterocycles. The van der Waals surface area contributed by atoms with Crippen molar-refractivity contribution in [3.05, 3.63) is 53.1 Å². The molecule has 2 aromatic heterocycles. The number of alkyl halides is 3. The quantitative estimate of drug-likeness (QED) is 0.400. The number of hydrogen-bond acceptors (Lipinski definition) is 6. The number of benzene rings is 1. The van der Waals surface area contributed by atoms with Crippen molar-refractivity contribution in [3.8, 4) is 11.3 Å². The number of nitrogens with two attached hydrogens (primary N) is 2.